The number of amides is 1. The first kappa shape index (κ1) is 12.2. The Labute approximate surface area is 107 Å². The predicted octanol–water partition coefficient (Wildman–Crippen LogP) is 2.79. The van der Waals surface area contributed by atoms with Gasteiger partial charge in [0.2, 0.25) is 0 Å². The van der Waals surface area contributed by atoms with E-state index in [-0.39, 0.29) is 5.91 Å². The minimum atomic E-state index is 0.0153. The highest BCUT2D eigenvalue weighted by atomic mass is 35.5. The van der Waals surface area contributed by atoms with Crippen molar-refractivity contribution in [2.24, 2.45) is 5.92 Å². The Balaban J connectivity index is 2.18. The molecule has 0 aliphatic carbocycles. The molecule has 4 heteroatoms. The number of benzene rings is 1. The molecule has 0 saturated carbocycles. The van der Waals surface area contributed by atoms with Crippen LogP contribution in [0.2, 0.25) is 5.02 Å². The highest BCUT2D eigenvalue weighted by Gasteiger charge is 2.23. The molecule has 0 radical (unpaired) electrons. The van der Waals surface area contributed by atoms with Crippen LogP contribution in [0, 0.1) is 5.92 Å². The van der Waals surface area contributed by atoms with E-state index >= 15 is 0 Å². The molecule has 0 spiro atoms. The summed E-state index contributed by atoms with van der Waals surface area (Å²) >= 11 is 6.05. The first-order chi connectivity index (χ1) is 8.08. The number of rotatable bonds is 1. The lowest BCUT2D eigenvalue weighted by Gasteiger charge is -2.31. The summed E-state index contributed by atoms with van der Waals surface area (Å²) in [7, 11) is 0. The van der Waals surface area contributed by atoms with Crippen molar-refractivity contribution in [3.63, 3.8) is 0 Å². The number of nitrogens with zero attached hydrogens (tertiary/aromatic N) is 1. The van der Waals surface area contributed by atoms with E-state index in [0.717, 1.165) is 19.5 Å². The van der Waals surface area contributed by atoms with E-state index in [1.165, 1.54) is 6.42 Å². The number of carbonyl (C=O) groups is 1. The maximum Gasteiger partial charge on any atom is 0.255 e. The van der Waals surface area contributed by atoms with Gasteiger partial charge in [0.05, 0.1) is 10.6 Å². The van der Waals surface area contributed by atoms with Gasteiger partial charge in [0.1, 0.15) is 0 Å². The molecular formula is C13H17ClN2O. The second-order valence-corrected chi connectivity index (χ2v) is 5.15. The molecule has 1 fully saturated rings. The van der Waals surface area contributed by atoms with E-state index in [1.54, 1.807) is 18.2 Å². The number of carbonyl (C=O) groups excluding carboxylic acids is 1. The first-order valence-electron chi connectivity index (χ1n) is 5.92. The number of anilines is 1. The lowest BCUT2D eigenvalue weighted by atomic mass is 9.99. The van der Waals surface area contributed by atoms with Crippen LogP contribution in [-0.2, 0) is 0 Å². The fourth-order valence-corrected chi connectivity index (χ4v) is 2.52. The largest absolute Gasteiger partial charge is 0.399 e. The van der Waals surface area contributed by atoms with Crippen LogP contribution in [0.1, 0.15) is 30.1 Å². The maximum absolute atomic E-state index is 12.3. The van der Waals surface area contributed by atoms with Gasteiger partial charge in [-0.1, -0.05) is 18.5 Å². The van der Waals surface area contributed by atoms with E-state index in [2.05, 4.69) is 6.92 Å². The van der Waals surface area contributed by atoms with Crippen LogP contribution >= 0.6 is 11.6 Å². The molecule has 1 aliphatic rings. The fraction of sp³-hybridized carbons (Fsp3) is 0.462. The zero-order valence-electron chi connectivity index (χ0n) is 9.95. The third kappa shape index (κ3) is 2.72. The van der Waals surface area contributed by atoms with Gasteiger partial charge in [-0.3, -0.25) is 4.79 Å². The van der Waals surface area contributed by atoms with Crippen molar-refractivity contribution < 1.29 is 4.79 Å². The normalized spacial score (nSPS) is 20.4. The first-order valence-corrected chi connectivity index (χ1v) is 6.30. The van der Waals surface area contributed by atoms with Crippen molar-refractivity contribution >= 4 is 23.2 Å². The second-order valence-electron chi connectivity index (χ2n) is 4.74. The molecule has 0 bridgehead atoms. The highest BCUT2D eigenvalue weighted by molar-refractivity contribution is 6.34. The molecule has 1 aliphatic heterocycles. The molecule has 92 valence electrons. The fourth-order valence-electron chi connectivity index (χ4n) is 2.25. The molecule has 1 atom stereocenters. The van der Waals surface area contributed by atoms with Gasteiger partial charge in [-0.05, 0) is 37.0 Å². The highest BCUT2D eigenvalue weighted by Crippen LogP contribution is 2.23. The van der Waals surface area contributed by atoms with Crippen LogP contribution in [0.15, 0.2) is 18.2 Å². The number of hydrogen-bond acceptors (Lipinski definition) is 2. The average molecular weight is 253 g/mol. The van der Waals surface area contributed by atoms with Crippen molar-refractivity contribution in [3.05, 3.63) is 28.8 Å². The standard InChI is InChI=1S/C13H17ClN2O/c1-9-3-2-6-16(8-9)13(17)11-5-4-10(15)7-12(11)14/h4-5,7,9H,2-3,6,8,15H2,1H3/t9-/m0/s1. The molecule has 3 nitrogen and oxygen atoms in total. The third-order valence-electron chi connectivity index (χ3n) is 3.17. The van der Waals surface area contributed by atoms with E-state index in [4.69, 9.17) is 17.3 Å². The summed E-state index contributed by atoms with van der Waals surface area (Å²) in [5, 5.41) is 0.438. The second kappa shape index (κ2) is 4.96. The number of hydrogen-bond donors (Lipinski definition) is 1. The van der Waals surface area contributed by atoms with Crippen molar-refractivity contribution in [2.45, 2.75) is 19.8 Å². The smallest absolute Gasteiger partial charge is 0.255 e. The molecule has 0 aromatic heterocycles. The van der Waals surface area contributed by atoms with Gasteiger partial charge in [-0.15, -0.1) is 0 Å². The van der Waals surface area contributed by atoms with Crippen molar-refractivity contribution in [1.29, 1.82) is 0 Å². The molecule has 1 aromatic rings. The van der Waals surface area contributed by atoms with Gasteiger partial charge < -0.3 is 10.6 Å². The zero-order valence-corrected chi connectivity index (χ0v) is 10.7. The molecule has 1 aromatic carbocycles. The van der Waals surface area contributed by atoms with Gasteiger partial charge in [0.15, 0.2) is 0 Å². The van der Waals surface area contributed by atoms with Crippen LogP contribution in [-0.4, -0.2) is 23.9 Å². The van der Waals surface area contributed by atoms with Gasteiger partial charge >= 0.3 is 0 Å². The monoisotopic (exact) mass is 252 g/mol. The molecule has 17 heavy (non-hydrogen) atoms. The lowest BCUT2D eigenvalue weighted by molar-refractivity contribution is 0.0683. The Bertz CT molecular complexity index is 433. The van der Waals surface area contributed by atoms with Gasteiger partial charge in [0, 0.05) is 18.8 Å². The van der Waals surface area contributed by atoms with Crippen LogP contribution in [0.5, 0.6) is 0 Å². The van der Waals surface area contributed by atoms with E-state index < -0.39 is 0 Å². The van der Waals surface area contributed by atoms with Crippen LogP contribution < -0.4 is 5.73 Å². The van der Waals surface area contributed by atoms with Crippen molar-refractivity contribution in [3.8, 4) is 0 Å². The summed E-state index contributed by atoms with van der Waals surface area (Å²) in [4.78, 5) is 14.2. The van der Waals surface area contributed by atoms with Gasteiger partial charge in [0.25, 0.3) is 5.91 Å². The quantitative estimate of drug-likeness (QED) is 0.782. The summed E-state index contributed by atoms with van der Waals surface area (Å²) in [6.45, 7) is 3.81. The topological polar surface area (TPSA) is 46.3 Å². The summed E-state index contributed by atoms with van der Waals surface area (Å²) in [6, 6.07) is 5.05. The Morgan fingerprint density at radius 1 is 1.53 bits per heavy atom. The Morgan fingerprint density at radius 3 is 2.94 bits per heavy atom. The van der Waals surface area contributed by atoms with E-state index in [9.17, 15) is 4.79 Å². The third-order valence-corrected chi connectivity index (χ3v) is 3.48. The predicted molar refractivity (Wildman–Crippen MR) is 70.2 cm³/mol. The van der Waals surface area contributed by atoms with Gasteiger partial charge in [-0.2, -0.15) is 0 Å². The average Bonchev–Trinajstić information content (AvgIpc) is 2.28. The molecule has 1 amide bonds. The number of piperidine rings is 1. The maximum atomic E-state index is 12.3. The molecule has 2 rings (SSSR count). The SMILES string of the molecule is C[C@H]1CCCN(C(=O)c2ccc(N)cc2Cl)C1. The summed E-state index contributed by atoms with van der Waals surface area (Å²) < 4.78 is 0. The van der Waals surface area contributed by atoms with E-state index in [1.807, 2.05) is 4.90 Å². The Hall–Kier alpha value is -1.22. The number of likely N-dealkylation sites (tertiary alicyclic amines) is 1. The lowest BCUT2D eigenvalue weighted by Crippen LogP contribution is -2.39. The minimum absolute atomic E-state index is 0.0153. The Kier molecular flexibility index (Phi) is 3.57. The molecule has 1 heterocycles. The van der Waals surface area contributed by atoms with E-state index in [0.29, 0.717) is 22.2 Å². The van der Waals surface area contributed by atoms with Crippen LogP contribution in [0.4, 0.5) is 5.69 Å². The Morgan fingerprint density at radius 2 is 2.29 bits per heavy atom. The molecular weight excluding hydrogens is 236 g/mol. The summed E-state index contributed by atoms with van der Waals surface area (Å²) in [5.74, 6) is 0.585. The number of nitrogens with two attached hydrogens (primary N) is 1. The summed E-state index contributed by atoms with van der Waals surface area (Å²) in [5.41, 5.74) is 6.75. The molecule has 2 N–H and O–H groups in total. The van der Waals surface area contributed by atoms with Crippen LogP contribution in [0.25, 0.3) is 0 Å². The van der Waals surface area contributed by atoms with Crippen LogP contribution in [0.3, 0.4) is 0 Å². The zero-order chi connectivity index (χ0) is 12.4. The number of nitrogen functional groups attached to an aromatic ring is 1. The minimum Gasteiger partial charge on any atom is -0.399 e. The van der Waals surface area contributed by atoms with Crippen molar-refractivity contribution in [2.75, 3.05) is 18.8 Å². The summed E-state index contributed by atoms with van der Waals surface area (Å²) in [6.07, 6.45) is 2.26. The van der Waals surface area contributed by atoms with Crippen molar-refractivity contribution in [1.82, 2.24) is 4.90 Å². The molecule has 0 unspecified atom stereocenters. The molecule has 1 saturated heterocycles. The van der Waals surface area contributed by atoms with Gasteiger partial charge in [-0.25, -0.2) is 0 Å². The number of halogens is 1.